The Morgan fingerprint density at radius 3 is 2.45 bits per heavy atom. The number of aromatic nitrogens is 1. The lowest BCUT2D eigenvalue weighted by atomic mass is 10.1. The number of carbonyl (C=O) groups excluding carboxylic acids is 1. The maximum absolute atomic E-state index is 12.6. The van der Waals surface area contributed by atoms with Crippen LogP contribution in [0.25, 0.3) is 0 Å². The number of nitrogens with zero attached hydrogens (tertiary/aromatic N) is 2. The number of hydrogen-bond donors (Lipinski definition) is 1. The number of rotatable bonds is 8. The molecule has 0 saturated carbocycles. The van der Waals surface area contributed by atoms with Crippen molar-refractivity contribution in [1.29, 1.82) is 0 Å². The van der Waals surface area contributed by atoms with E-state index in [-0.39, 0.29) is 5.91 Å². The Kier molecular flexibility index (Phi) is 7.77. The molecule has 0 aliphatic carbocycles. The summed E-state index contributed by atoms with van der Waals surface area (Å²) < 4.78 is 10.7. The van der Waals surface area contributed by atoms with E-state index in [2.05, 4.69) is 24.0 Å². The number of methoxy groups -OCH3 is 2. The lowest BCUT2D eigenvalue weighted by Crippen LogP contribution is -3.13. The van der Waals surface area contributed by atoms with Crippen LogP contribution in [0.4, 0.5) is 0 Å². The molecule has 1 saturated heterocycles. The van der Waals surface area contributed by atoms with Crippen LogP contribution >= 0.6 is 11.8 Å². The van der Waals surface area contributed by atoms with E-state index in [4.69, 9.17) is 9.47 Å². The standard InChI is InChI=1S/C22H29N3O3S/c1-17-12-20(27-2)21(28-3)13-19(17)15-29-16-22(26)25-10-8-24(9-11-25)14-18-4-6-23-7-5-18/h4-7,12-13H,8-11,14-16H2,1-3H3/p+1. The molecule has 1 aliphatic heterocycles. The van der Waals surface area contributed by atoms with E-state index in [1.165, 1.54) is 16.0 Å². The lowest BCUT2D eigenvalue weighted by molar-refractivity contribution is -0.917. The van der Waals surface area contributed by atoms with Gasteiger partial charge in [-0.3, -0.25) is 9.78 Å². The van der Waals surface area contributed by atoms with Crippen LogP contribution < -0.4 is 14.4 Å². The summed E-state index contributed by atoms with van der Waals surface area (Å²) in [6.07, 6.45) is 3.68. The predicted molar refractivity (Wildman–Crippen MR) is 116 cm³/mol. The average molecular weight is 417 g/mol. The van der Waals surface area contributed by atoms with Crippen molar-refractivity contribution in [2.24, 2.45) is 0 Å². The van der Waals surface area contributed by atoms with Crippen LogP contribution in [0.5, 0.6) is 11.5 Å². The van der Waals surface area contributed by atoms with E-state index < -0.39 is 0 Å². The minimum atomic E-state index is 0.232. The van der Waals surface area contributed by atoms with Gasteiger partial charge in [0.1, 0.15) is 6.54 Å². The third kappa shape index (κ3) is 5.87. The van der Waals surface area contributed by atoms with Crippen molar-refractivity contribution in [3.05, 3.63) is 53.3 Å². The molecule has 0 atom stereocenters. The fourth-order valence-corrected chi connectivity index (χ4v) is 4.55. The first-order chi connectivity index (χ1) is 14.1. The summed E-state index contributed by atoms with van der Waals surface area (Å²) in [5, 5.41) is 0. The Labute approximate surface area is 177 Å². The van der Waals surface area contributed by atoms with Gasteiger partial charge < -0.3 is 19.3 Å². The highest BCUT2D eigenvalue weighted by molar-refractivity contribution is 7.99. The molecule has 0 unspecified atom stereocenters. The summed E-state index contributed by atoms with van der Waals surface area (Å²) in [7, 11) is 3.28. The number of benzene rings is 1. The number of amides is 1. The second kappa shape index (κ2) is 10.5. The highest BCUT2D eigenvalue weighted by Gasteiger charge is 2.23. The summed E-state index contributed by atoms with van der Waals surface area (Å²) in [5.41, 5.74) is 3.62. The number of quaternary nitrogens is 1. The molecule has 1 aliphatic rings. The second-order valence-corrected chi connectivity index (χ2v) is 8.28. The van der Waals surface area contributed by atoms with Gasteiger partial charge in [0.15, 0.2) is 11.5 Å². The van der Waals surface area contributed by atoms with E-state index in [1.807, 2.05) is 29.4 Å². The predicted octanol–water partition coefficient (Wildman–Crippen LogP) is 1.57. The number of thioether (sulfide) groups is 1. The molecule has 0 radical (unpaired) electrons. The Hall–Kier alpha value is -2.25. The molecule has 1 amide bonds. The van der Waals surface area contributed by atoms with Crippen molar-refractivity contribution in [3.8, 4) is 11.5 Å². The van der Waals surface area contributed by atoms with Crippen LogP contribution in [0.3, 0.4) is 0 Å². The van der Waals surface area contributed by atoms with E-state index in [9.17, 15) is 4.79 Å². The van der Waals surface area contributed by atoms with Gasteiger partial charge in [-0.05, 0) is 42.3 Å². The molecule has 1 N–H and O–H groups in total. The van der Waals surface area contributed by atoms with E-state index in [1.54, 1.807) is 26.0 Å². The molecule has 3 rings (SSSR count). The molecule has 1 fully saturated rings. The molecule has 2 aromatic rings. The Morgan fingerprint density at radius 1 is 1.14 bits per heavy atom. The lowest BCUT2D eigenvalue weighted by Gasteiger charge is -2.32. The van der Waals surface area contributed by atoms with Crippen molar-refractivity contribution in [1.82, 2.24) is 9.88 Å². The van der Waals surface area contributed by atoms with Crippen molar-refractivity contribution in [2.45, 2.75) is 19.2 Å². The molecule has 1 aromatic heterocycles. The number of nitrogens with one attached hydrogen (secondary N) is 1. The van der Waals surface area contributed by atoms with Crippen LogP contribution in [0.15, 0.2) is 36.7 Å². The zero-order valence-electron chi connectivity index (χ0n) is 17.4. The number of pyridine rings is 1. The third-order valence-electron chi connectivity index (χ3n) is 5.35. The molecule has 1 aromatic carbocycles. The average Bonchev–Trinajstić information content (AvgIpc) is 2.75. The molecular weight excluding hydrogens is 386 g/mol. The van der Waals surface area contributed by atoms with Gasteiger partial charge >= 0.3 is 0 Å². The summed E-state index contributed by atoms with van der Waals surface area (Å²) in [6, 6.07) is 8.13. The summed E-state index contributed by atoms with van der Waals surface area (Å²) in [5.74, 6) is 2.99. The smallest absolute Gasteiger partial charge is 0.232 e. The second-order valence-electron chi connectivity index (χ2n) is 7.29. The van der Waals surface area contributed by atoms with Crippen LogP contribution in [0.2, 0.25) is 0 Å². The quantitative estimate of drug-likeness (QED) is 0.708. The maximum Gasteiger partial charge on any atom is 0.232 e. The summed E-state index contributed by atoms with van der Waals surface area (Å²) in [4.78, 5) is 20.2. The molecule has 156 valence electrons. The monoisotopic (exact) mass is 416 g/mol. The van der Waals surface area contributed by atoms with Gasteiger partial charge in [0.25, 0.3) is 0 Å². The molecule has 7 heteroatoms. The normalized spacial score (nSPS) is 14.7. The van der Waals surface area contributed by atoms with E-state index >= 15 is 0 Å². The molecule has 0 spiro atoms. The van der Waals surface area contributed by atoms with E-state index in [0.717, 1.165) is 55.5 Å². The highest BCUT2D eigenvalue weighted by atomic mass is 32.2. The molecule has 6 nitrogen and oxygen atoms in total. The first-order valence-corrected chi connectivity index (χ1v) is 11.1. The zero-order valence-corrected chi connectivity index (χ0v) is 18.3. The Morgan fingerprint density at radius 2 is 1.79 bits per heavy atom. The molecule has 2 heterocycles. The Bertz CT molecular complexity index is 808. The highest BCUT2D eigenvalue weighted by Crippen LogP contribution is 2.31. The first-order valence-electron chi connectivity index (χ1n) is 9.90. The molecular formula is C22H30N3O3S+. The minimum absolute atomic E-state index is 0.232. The van der Waals surface area contributed by atoms with Gasteiger partial charge in [-0.2, -0.15) is 0 Å². The fraction of sp³-hybridized carbons (Fsp3) is 0.455. The van der Waals surface area contributed by atoms with Crippen molar-refractivity contribution < 1.29 is 19.2 Å². The molecule has 29 heavy (non-hydrogen) atoms. The maximum atomic E-state index is 12.6. The van der Waals surface area contributed by atoms with Crippen LogP contribution in [0, 0.1) is 6.92 Å². The van der Waals surface area contributed by atoms with Gasteiger partial charge in [-0.1, -0.05) is 0 Å². The summed E-state index contributed by atoms with van der Waals surface area (Å²) >= 11 is 1.66. The van der Waals surface area contributed by atoms with Gasteiger partial charge in [0.05, 0.1) is 46.2 Å². The van der Waals surface area contributed by atoms with Crippen molar-refractivity contribution in [2.75, 3.05) is 46.2 Å². The fourth-order valence-electron chi connectivity index (χ4n) is 3.56. The van der Waals surface area contributed by atoms with Crippen molar-refractivity contribution >= 4 is 17.7 Å². The number of carbonyl (C=O) groups is 1. The van der Waals surface area contributed by atoms with Crippen LogP contribution in [-0.4, -0.2) is 61.9 Å². The Balaban J connectivity index is 1.44. The SMILES string of the molecule is COc1cc(C)c(CSCC(=O)N2CC[NH+](Cc3ccncc3)CC2)cc1OC. The number of piperazine rings is 1. The zero-order chi connectivity index (χ0) is 20.6. The van der Waals surface area contributed by atoms with Gasteiger partial charge in [-0.25, -0.2) is 0 Å². The largest absolute Gasteiger partial charge is 0.493 e. The van der Waals surface area contributed by atoms with Crippen LogP contribution in [0.1, 0.15) is 16.7 Å². The number of ether oxygens (including phenoxy) is 2. The topological polar surface area (TPSA) is 56.1 Å². The van der Waals surface area contributed by atoms with Gasteiger partial charge in [0, 0.05) is 23.7 Å². The summed E-state index contributed by atoms with van der Waals surface area (Å²) in [6.45, 7) is 6.70. The van der Waals surface area contributed by atoms with E-state index in [0.29, 0.717) is 5.75 Å². The minimum Gasteiger partial charge on any atom is -0.493 e. The van der Waals surface area contributed by atoms with Crippen LogP contribution in [-0.2, 0) is 17.1 Å². The first kappa shape index (κ1) is 21.5. The third-order valence-corrected chi connectivity index (χ3v) is 6.32. The van der Waals surface area contributed by atoms with Gasteiger partial charge in [0.2, 0.25) is 5.91 Å². The number of hydrogen-bond acceptors (Lipinski definition) is 5. The molecule has 0 bridgehead atoms. The number of aryl methyl sites for hydroxylation is 1. The van der Waals surface area contributed by atoms with Gasteiger partial charge in [-0.15, -0.1) is 11.8 Å². The van der Waals surface area contributed by atoms with Crippen molar-refractivity contribution in [3.63, 3.8) is 0 Å².